The van der Waals surface area contributed by atoms with Crippen LogP contribution >= 0.6 is 0 Å². The number of benzene rings is 1. The van der Waals surface area contributed by atoms with Crippen LogP contribution in [-0.4, -0.2) is 149 Å². The summed E-state index contributed by atoms with van der Waals surface area (Å²) in [6.45, 7) is 0.322. The molecule has 1 fully saturated rings. The van der Waals surface area contributed by atoms with Crippen LogP contribution in [0, 0.1) is 0 Å². The minimum absolute atomic E-state index is 0.0138. The van der Waals surface area contributed by atoms with Crippen LogP contribution in [0.3, 0.4) is 0 Å². The highest BCUT2D eigenvalue weighted by Crippen LogP contribution is 2.20. The number of hydrogen-bond acceptors (Lipinski definition) is 13. The summed E-state index contributed by atoms with van der Waals surface area (Å²) in [6, 6.07) is -0.172. The molecule has 0 radical (unpaired) electrons. The van der Waals surface area contributed by atoms with Crippen LogP contribution in [-0.2, 0) is 40.0 Å². The van der Waals surface area contributed by atoms with Crippen LogP contribution in [0.1, 0.15) is 57.4 Å². The van der Waals surface area contributed by atoms with Gasteiger partial charge >= 0.3 is 0 Å². The highest BCUT2D eigenvalue weighted by atomic mass is 16.3. The van der Waals surface area contributed by atoms with Gasteiger partial charge in [0.1, 0.15) is 48.6 Å². The first-order chi connectivity index (χ1) is 27.2. The number of hydrogen-bond donors (Lipinski definition) is 12. The maximum absolute atomic E-state index is 14.0. The number of unbranched alkanes of at least 4 members (excludes halogenated alkanes) is 1. The predicted molar refractivity (Wildman–Crippen MR) is 207 cm³/mol. The van der Waals surface area contributed by atoms with E-state index in [1.165, 1.54) is 11.8 Å². The summed E-state index contributed by atoms with van der Waals surface area (Å²) in [5, 5.41) is 41.7. The van der Waals surface area contributed by atoms with Gasteiger partial charge in [-0.3, -0.25) is 33.8 Å². The van der Waals surface area contributed by atoms with E-state index in [0.717, 1.165) is 0 Å². The number of likely N-dealkylation sites (tertiary alicyclic amines) is 1. The Morgan fingerprint density at radius 1 is 0.842 bits per heavy atom. The number of aldehydes is 1. The van der Waals surface area contributed by atoms with Gasteiger partial charge in [0, 0.05) is 19.5 Å². The maximum Gasteiger partial charge on any atom is 0.248 e. The fraction of sp³-hybridized carbons (Fsp3) is 0.611. The van der Waals surface area contributed by atoms with Crippen molar-refractivity contribution in [2.75, 3.05) is 32.8 Å². The quantitative estimate of drug-likeness (QED) is 0.0190. The lowest BCUT2D eigenvalue weighted by Crippen LogP contribution is -2.60. The van der Waals surface area contributed by atoms with E-state index in [1.807, 2.05) is 0 Å². The molecule has 21 heteroatoms. The number of aliphatic imine (C=N–C) groups is 1. The zero-order valence-corrected chi connectivity index (χ0v) is 32.2. The lowest BCUT2D eigenvalue weighted by molar-refractivity contribution is -0.143. The lowest BCUT2D eigenvalue weighted by Gasteiger charge is -2.30. The molecule has 0 unspecified atom stereocenters. The molecular weight excluding hydrogens is 746 g/mol. The molecule has 1 aliphatic rings. The van der Waals surface area contributed by atoms with Crippen molar-refractivity contribution in [3.05, 3.63) is 35.9 Å². The van der Waals surface area contributed by atoms with Gasteiger partial charge in [-0.25, -0.2) is 0 Å². The zero-order chi connectivity index (χ0) is 42.5. The molecule has 16 N–H and O–H groups in total. The van der Waals surface area contributed by atoms with E-state index in [4.69, 9.17) is 22.9 Å². The third-order valence-electron chi connectivity index (χ3n) is 9.22. The predicted octanol–water partition coefficient (Wildman–Crippen LogP) is -5.28. The second kappa shape index (κ2) is 25.1. The van der Waals surface area contributed by atoms with Crippen molar-refractivity contribution in [1.29, 1.82) is 0 Å². The van der Waals surface area contributed by atoms with Crippen LogP contribution in [0.5, 0.6) is 0 Å². The molecular formula is C36H59N11O10. The Kier molecular flexibility index (Phi) is 21.1. The highest BCUT2D eigenvalue weighted by molar-refractivity contribution is 5.97. The molecule has 6 amide bonds. The number of carbonyl (C=O) groups is 7. The number of amides is 6. The fourth-order valence-electron chi connectivity index (χ4n) is 5.99. The first-order valence-corrected chi connectivity index (χ1v) is 18.9. The van der Waals surface area contributed by atoms with Gasteiger partial charge in [0.25, 0.3) is 0 Å². The molecule has 1 aromatic carbocycles. The molecule has 1 saturated heterocycles. The summed E-state index contributed by atoms with van der Waals surface area (Å²) in [4.78, 5) is 97.2. The third kappa shape index (κ3) is 16.0. The van der Waals surface area contributed by atoms with Gasteiger partial charge in [0.15, 0.2) is 5.96 Å². The van der Waals surface area contributed by atoms with Crippen molar-refractivity contribution in [2.45, 2.75) is 107 Å². The zero-order valence-electron chi connectivity index (χ0n) is 32.2. The number of carbonyl (C=O) groups excluding carboxylic acids is 7. The Morgan fingerprint density at radius 2 is 1.44 bits per heavy atom. The number of aliphatic hydroxyl groups excluding tert-OH is 3. The molecule has 2 rings (SSSR count). The number of rotatable bonds is 25. The van der Waals surface area contributed by atoms with Crippen molar-refractivity contribution >= 4 is 47.7 Å². The highest BCUT2D eigenvalue weighted by Gasteiger charge is 2.39. The van der Waals surface area contributed by atoms with E-state index in [0.29, 0.717) is 37.7 Å². The van der Waals surface area contributed by atoms with E-state index < -0.39 is 97.1 Å². The van der Waals surface area contributed by atoms with E-state index in [9.17, 15) is 48.9 Å². The maximum atomic E-state index is 14.0. The minimum atomic E-state index is -1.46. The van der Waals surface area contributed by atoms with Gasteiger partial charge in [0.2, 0.25) is 35.4 Å². The average Bonchev–Trinajstić information content (AvgIpc) is 3.69. The van der Waals surface area contributed by atoms with Crippen LogP contribution in [0.4, 0.5) is 0 Å². The number of nitrogens with one attached hydrogen (secondary N) is 5. The molecule has 0 saturated carbocycles. The Bertz CT molecular complexity index is 1510. The lowest BCUT2D eigenvalue weighted by atomic mass is 10.0. The molecule has 0 aromatic heterocycles. The van der Waals surface area contributed by atoms with Crippen molar-refractivity contribution in [1.82, 2.24) is 31.5 Å². The summed E-state index contributed by atoms with van der Waals surface area (Å²) < 4.78 is 0. The van der Waals surface area contributed by atoms with Crippen molar-refractivity contribution in [2.24, 2.45) is 27.9 Å². The summed E-state index contributed by atoms with van der Waals surface area (Å²) in [5.74, 6) is -4.79. The summed E-state index contributed by atoms with van der Waals surface area (Å²) in [5.41, 5.74) is 22.8. The second-order valence-corrected chi connectivity index (χ2v) is 13.7. The Labute approximate surface area is 331 Å². The van der Waals surface area contributed by atoms with Crippen LogP contribution in [0.2, 0.25) is 0 Å². The van der Waals surface area contributed by atoms with Crippen molar-refractivity contribution in [3.8, 4) is 0 Å². The number of nitrogens with two attached hydrogens (primary N) is 4. The first-order valence-electron chi connectivity index (χ1n) is 18.9. The summed E-state index contributed by atoms with van der Waals surface area (Å²) in [7, 11) is 0. The van der Waals surface area contributed by atoms with Crippen LogP contribution in [0.15, 0.2) is 35.3 Å². The minimum Gasteiger partial charge on any atom is -0.394 e. The Balaban J connectivity index is 2.34. The van der Waals surface area contributed by atoms with E-state index in [1.54, 1.807) is 30.3 Å². The molecule has 1 aliphatic heterocycles. The summed E-state index contributed by atoms with van der Waals surface area (Å²) in [6.07, 6.45) is 0.935. The van der Waals surface area contributed by atoms with E-state index >= 15 is 0 Å². The average molecular weight is 806 g/mol. The number of aliphatic hydroxyl groups is 3. The van der Waals surface area contributed by atoms with E-state index in [2.05, 4.69) is 31.6 Å². The fourth-order valence-corrected chi connectivity index (χ4v) is 5.99. The topological polar surface area (TPSA) is 360 Å². The van der Waals surface area contributed by atoms with Gasteiger partial charge in [-0.2, -0.15) is 0 Å². The van der Waals surface area contributed by atoms with Gasteiger partial charge in [-0.15, -0.1) is 0 Å². The molecule has 318 valence electrons. The normalized spacial score (nSPS) is 17.4. The first kappa shape index (κ1) is 47.9. The molecule has 57 heavy (non-hydrogen) atoms. The monoisotopic (exact) mass is 805 g/mol. The molecule has 1 aromatic rings. The number of guanidine groups is 1. The molecule has 0 aliphatic carbocycles. The smallest absolute Gasteiger partial charge is 0.248 e. The van der Waals surface area contributed by atoms with Gasteiger partial charge in [0.05, 0.1) is 19.3 Å². The van der Waals surface area contributed by atoms with Crippen LogP contribution in [0.25, 0.3) is 0 Å². The van der Waals surface area contributed by atoms with Crippen LogP contribution < -0.4 is 49.5 Å². The van der Waals surface area contributed by atoms with Crippen molar-refractivity contribution < 1.29 is 48.9 Å². The standard InChI is InChI=1S/C36H59N11O10/c1-21(51)29(38)34(56)46-27(20-50)35(57)47-16-8-13-28(47)33(55)44-24(11-5-6-14-37)31(53)45-26(17-22-9-3-2-4-10-22)32(54)43-25(12-7-15-41-36(39)40)30(52)42-23(18-48)19-49/h2-4,9-10,18,21,23-29,49-51H,5-8,11-17,19-20,37-38H2,1H3,(H,42,52)(H,43,54)(H,44,55)(H,45,53)(H,46,56)(H4,39,40,41)/t21-,23-,24+,25+,26+,27+,28+,29+/m1/s1. The van der Waals surface area contributed by atoms with Gasteiger partial charge in [-0.1, -0.05) is 30.3 Å². The second-order valence-electron chi connectivity index (χ2n) is 13.7. The Morgan fingerprint density at radius 3 is 2.04 bits per heavy atom. The summed E-state index contributed by atoms with van der Waals surface area (Å²) >= 11 is 0. The molecule has 8 atom stereocenters. The molecule has 1 heterocycles. The SMILES string of the molecule is C[C@@H](O)[C@H](N)C(=O)N[C@@H](CO)C(=O)N1CCC[C@H]1C(=O)N[C@@H](CCCCN)C(=O)N[C@@H](Cc1ccccc1)C(=O)N[C@@H](CCCN=C(N)N)C(=O)N[C@H](C=O)CO. The van der Waals surface area contributed by atoms with Gasteiger partial charge in [-0.05, 0) is 64.0 Å². The largest absolute Gasteiger partial charge is 0.394 e. The van der Waals surface area contributed by atoms with E-state index in [-0.39, 0.29) is 51.2 Å². The third-order valence-corrected chi connectivity index (χ3v) is 9.22. The molecule has 21 nitrogen and oxygen atoms in total. The number of nitrogens with zero attached hydrogens (tertiary/aromatic N) is 2. The van der Waals surface area contributed by atoms with Gasteiger partial charge < -0.3 is 74.5 Å². The van der Waals surface area contributed by atoms with Crippen molar-refractivity contribution in [3.63, 3.8) is 0 Å². The molecule has 0 spiro atoms. The Hall–Kier alpha value is -5.22. The molecule has 0 bridgehead atoms.